The van der Waals surface area contributed by atoms with Crippen LogP contribution in [0.2, 0.25) is 0 Å². The SMILES string of the molecule is Cc1ccc(C)c(S(=O)(=O)N2CCN(C(=O)CCC(=O)Nc3c(C)cccc3C(C)C)CC2)c1. The zero-order valence-electron chi connectivity index (χ0n) is 20.7. The van der Waals surface area contributed by atoms with Gasteiger partial charge in [-0.2, -0.15) is 4.31 Å². The Kier molecular flexibility index (Phi) is 8.15. The van der Waals surface area contributed by atoms with Crippen LogP contribution in [0, 0.1) is 20.8 Å². The van der Waals surface area contributed by atoms with Gasteiger partial charge in [-0.25, -0.2) is 8.42 Å². The Balaban J connectivity index is 1.54. The van der Waals surface area contributed by atoms with Crippen molar-refractivity contribution in [1.29, 1.82) is 0 Å². The van der Waals surface area contributed by atoms with Crippen LogP contribution in [-0.4, -0.2) is 55.6 Å². The molecule has 1 fully saturated rings. The average Bonchev–Trinajstić information content (AvgIpc) is 2.80. The number of carbonyl (C=O) groups is 2. The molecule has 0 aromatic heterocycles. The van der Waals surface area contributed by atoms with Gasteiger partial charge < -0.3 is 10.2 Å². The number of hydrogen-bond donors (Lipinski definition) is 1. The van der Waals surface area contributed by atoms with Crippen LogP contribution in [0.25, 0.3) is 0 Å². The topological polar surface area (TPSA) is 86.8 Å². The van der Waals surface area contributed by atoms with Gasteiger partial charge in [0, 0.05) is 44.7 Å². The molecule has 1 saturated heterocycles. The Morgan fingerprint density at radius 1 is 0.941 bits per heavy atom. The van der Waals surface area contributed by atoms with E-state index in [2.05, 4.69) is 19.2 Å². The van der Waals surface area contributed by atoms with Crippen molar-refractivity contribution in [1.82, 2.24) is 9.21 Å². The van der Waals surface area contributed by atoms with Crippen LogP contribution in [0.3, 0.4) is 0 Å². The highest BCUT2D eigenvalue weighted by Crippen LogP contribution is 2.28. The summed E-state index contributed by atoms with van der Waals surface area (Å²) in [7, 11) is -3.61. The van der Waals surface area contributed by atoms with Crippen molar-refractivity contribution >= 4 is 27.5 Å². The lowest BCUT2D eigenvalue weighted by atomic mass is 9.98. The molecule has 1 N–H and O–H groups in total. The summed E-state index contributed by atoms with van der Waals surface area (Å²) in [6, 6.07) is 11.3. The number of nitrogens with one attached hydrogen (secondary N) is 1. The predicted octanol–water partition coefficient (Wildman–Crippen LogP) is 3.99. The standard InChI is InChI=1S/C26H35N3O4S/c1-18(2)22-8-6-7-21(5)26(22)27-24(30)11-12-25(31)28-13-15-29(16-14-28)34(32,33)23-17-19(3)9-10-20(23)4/h6-10,17-18H,11-16H2,1-5H3,(H,27,30). The number of rotatable bonds is 7. The lowest BCUT2D eigenvalue weighted by Crippen LogP contribution is -2.50. The second-order valence-electron chi connectivity index (χ2n) is 9.30. The first-order valence-electron chi connectivity index (χ1n) is 11.7. The molecule has 0 radical (unpaired) electrons. The van der Waals surface area contributed by atoms with Crippen molar-refractivity contribution in [3.8, 4) is 0 Å². The number of sulfonamides is 1. The van der Waals surface area contributed by atoms with E-state index in [1.165, 1.54) is 4.31 Å². The highest BCUT2D eigenvalue weighted by molar-refractivity contribution is 7.89. The number of hydrogen-bond acceptors (Lipinski definition) is 4. The number of nitrogens with zero attached hydrogens (tertiary/aromatic N) is 2. The van der Waals surface area contributed by atoms with Gasteiger partial charge >= 0.3 is 0 Å². The number of benzene rings is 2. The fraction of sp³-hybridized carbons (Fsp3) is 0.462. The summed E-state index contributed by atoms with van der Waals surface area (Å²) in [5, 5.41) is 2.98. The maximum Gasteiger partial charge on any atom is 0.243 e. The largest absolute Gasteiger partial charge is 0.340 e. The zero-order chi connectivity index (χ0) is 25.0. The lowest BCUT2D eigenvalue weighted by molar-refractivity contribution is -0.133. The molecule has 1 aliphatic heterocycles. The van der Waals surface area contributed by atoms with E-state index in [1.807, 2.05) is 44.2 Å². The van der Waals surface area contributed by atoms with Gasteiger partial charge in [-0.05, 0) is 55.0 Å². The van der Waals surface area contributed by atoms with Crippen LogP contribution in [0.5, 0.6) is 0 Å². The molecule has 34 heavy (non-hydrogen) atoms. The summed E-state index contributed by atoms with van der Waals surface area (Å²) >= 11 is 0. The minimum atomic E-state index is -3.61. The maximum absolute atomic E-state index is 13.1. The van der Waals surface area contributed by atoms with Crippen molar-refractivity contribution in [2.75, 3.05) is 31.5 Å². The average molecular weight is 486 g/mol. The third-order valence-electron chi connectivity index (χ3n) is 6.31. The maximum atomic E-state index is 13.1. The van der Waals surface area contributed by atoms with Crippen molar-refractivity contribution < 1.29 is 18.0 Å². The molecule has 0 spiro atoms. The number of piperazine rings is 1. The number of aryl methyl sites for hydroxylation is 3. The number of para-hydroxylation sites is 1. The van der Waals surface area contributed by atoms with Crippen LogP contribution in [0.4, 0.5) is 5.69 Å². The van der Waals surface area contributed by atoms with Gasteiger partial charge in [-0.1, -0.05) is 44.2 Å². The fourth-order valence-corrected chi connectivity index (χ4v) is 5.96. The first kappa shape index (κ1) is 25.9. The van der Waals surface area contributed by atoms with Gasteiger partial charge in [0.2, 0.25) is 21.8 Å². The molecular weight excluding hydrogens is 450 g/mol. The van der Waals surface area contributed by atoms with E-state index in [1.54, 1.807) is 17.9 Å². The predicted molar refractivity (Wildman–Crippen MR) is 134 cm³/mol. The fourth-order valence-electron chi connectivity index (χ4n) is 4.22. The van der Waals surface area contributed by atoms with E-state index < -0.39 is 10.0 Å². The van der Waals surface area contributed by atoms with Gasteiger partial charge in [-0.15, -0.1) is 0 Å². The molecule has 0 bridgehead atoms. The van der Waals surface area contributed by atoms with E-state index in [-0.39, 0.29) is 43.7 Å². The van der Waals surface area contributed by atoms with Crippen LogP contribution in [-0.2, 0) is 19.6 Å². The summed E-state index contributed by atoms with van der Waals surface area (Å²) in [5.41, 5.74) is 4.49. The zero-order valence-corrected chi connectivity index (χ0v) is 21.5. The second kappa shape index (κ2) is 10.7. The molecule has 2 aromatic carbocycles. The molecule has 184 valence electrons. The summed E-state index contributed by atoms with van der Waals surface area (Å²) in [5.74, 6) is -0.0542. The quantitative estimate of drug-likeness (QED) is 0.643. The molecule has 8 heteroatoms. The molecule has 7 nitrogen and oxygen atoms in total. The van der Waals surface area contributed by atoms with Gasteiger partial charge in [0.15, 0.2) is 0 Å². The molecule has 1 heterocycles. The molecule has 0 unspecified atom stereocenters. The van der Waals surface area contributed by atoms with Crippen LogP contribution in [0.15, 0.2) is 41.3 Å². The Morgan fingerprint density at radius 2 is 1.62 bits per heavy atom. The van der Waals surface area contributed by atoms with E-state index >= 15 is 0 Å². The minimum Gasteiger partial charge on any atom is -0.340 e. The lowest BCUT2D eigenvalue weighted by Gasteiger charge is -2.34. The van der Waals surface area contributed by atoms with E-state index in [0.717, 1.165) is 22.4 Å². The van der Waals surface area contributed by atoms with E-state index in [0.29, 0.717) is 23.5 Å². The summed E-state index contributed by atoms with van der Waals surface area (Å²) in [6.07, 6.45) is 0.185. The molecule has 2 aromatic rings. The summed E-state index contributed by atoms with van der Waals surface area (Å²) in [6.45, 7) is 10.9. The Hall–Kier alpha value is -2.71. The molecule has 0 saturated carbocycles. The first-order chi connectivity index (χ1) is 16.0. The highest BCUT2D eigenvalue weighted by atomic mass is 32.2. The van der Waals surface area contributed by atoms with Crippen LogP contribution < -0.4 is 5.32 Å². The van der Waals surface area contributed by atoms with E-state index in [4.69, 9.17) is 0 Å². The molecule has 1 aliphatic rings. The van der Waals surface area contributed by atoms with Gasteiger partial charge in [0.25, 0.3) is 0 Å². The molecule has 2 amide bonds. The number of amides is 2. The van der Waals surface area contributed by atoms with E-state index in [9.17, 15) is 18.0 Å². The molecular formula is C26H35N3O4S. The molecule has 0 aliphatic carbocycles. The Labute approximate surface area is 203 Å². The summed E-state index contributed by atoms with van der Waals surface area (Å²) in [4.78, 5) is 27.2. The minimum absolute atomic E-state index is 0.0890. The van der Waals surface area contributed by atoms with Crippen molar-refractivity contribution in [3.63, 3.8) is 0 Å². The number of carbonyl (C=O) groups excluding carboxylic acids is 2. The highest BCUT2D eigenvalue weighted by Gasteiger charge is 2.31. The monoisotopic (exact) mass is 485 g/mol. The van der Waals surface area contributed by atoms with Crippen molar-refractivity contribution in [2.45, 2.75) is 58.3 Å². The Bertz CT molecular complexity index is 1170. The van der Waals surface area contributed by atoms with Crippen molar-refractivity contribution in [2.24, 2.45) is 0 Å². The summed E-state index contributed by atoms with van der Waals surface area (Å²) < 4.78 is 27.6. The third-order valence-corrected chi connectivity index (χ3v) is 8.35. The van der Waals surface area contributed by atoms with Crippen LogP contribution in [0.1, 0.15) is 54.9 Å². The Morgan fingerprint density at radius 3 is 2.26 bits per heavy atom. The van der Waals surface area contributed by atoms with Crippen molar-refractivity contribution in [3.05, 3.63) is 58.7 Å². The molecule has 0 atom stereocenters. The van der Waals surface area contributed by atoms with Gasteiger partial charge in [-0.3, -0.25) is 9.59 Å². The molecule has 3 rings (SSSR count). The van der Waals surface area contributed by atoms with Gasteiger partial charge in [0.05, 0.1) is 4.90 Å². The number of anilines is 1. The van der Waals surface area contributed by atoms with Gasteiger partial charge in [0.1, 0.15) is 0 Å². The third kappa shape index (κ3) is 5.85. The first-order valence-corrected chi connectivity index (χ1v) is 13.2. The normalized spacial score (nSPS) is 14.9. The van der Waals surface area contributed by atoms with Crippen LogP contribution >= 0.6 is 0 Å². The smallest absolute Gasteiger partial charge is 0.243 e. The second-order valence-corrected chi connectivity index (χ2v) is 11.2.